The number of thiophene rings is 1. The Morgan fingerprint density at radius 3 is 1.95 bits per heavy atom. The second-order valence-corrected chi connectivity index (χ2v) is 11.6. The lowest BCUT2D eigenvalue weighted by molar-refractivity contribution is -0.143. The van der Waals surface area contributed by atoms with Crippen LogP contribution >= 0.6 is 57.5 Å². The van der Waals surface area contributed by atoms with E-state index in [4.69, 9.17) is 18.9 Å². The summed E-state index contributed by atoms with van der Waals surface area (Å²) in [6.07, 6.45) is 2.49. The quantitative estimate of drug-likeness (QED) is 0.0550. The van der Waals surface area contributed by atoms with E-state index in [2.05, 4.69) is 28.0 Å². The summed E-state index contributed by atoms with van der Waals surface area (Å²) in [5.74, 6) is -1.74. The Hall–Kier alpha value is -1.79. The van der Waals surface area contributed by atoms with Crippen molar-refractivity contribution in [3.63, 3.8) is 0 Å². The molecule has 3 N–H and O–H groups in total. The highest BCUT2D eigenvalue weighted by Gasteiger charge is 2.34. The maximum absolute atomic E-state index is 13.2. The molecule has 2 unspecified atom stereocenters. The molecule has 1 aliphatic rings. The standard InChI is InChI=1S/C20H27N3O9S5/c1-29-19(27)11(8-34-3)21-17(25)15-13-14(32-5-4-31-13)16(36-15)18(26)22-12(20(28)30-2)9-35-37-23-10(6-24)7-33/h6,10-12,23,33H,4-5,7-9H2,1-3H3,(H,21,25)(H,22,26)/t10-,11?,12?/m1/s1. The van der Waals surface area contributed by atoms with E-state index in [-0.39, 0.29) is 46.0 Å². The van der Waals surface area contributed by atoms with Gasteiger partial charge in [0.25, 0.3) is 11.8 Å². The average molecular weight is 614 g/mol. The van der Waals surface area contributed by atoms with Crippen LogP contribution in [0, 0.1) is 0 Å². The number of hydrogen-bond acceptors (Lipinski definition) is 15. The van der Waals surface area contributed by atoms with Crippen molar-refractivity contribution in [3.8, 4) is 11.5 Å². The summed E-state index contributed by atoms with van der Waals surface area (Å²) in [6, 6.07) is -2.41. The fourth-order valence-electron chi connectivity index (χ4n) is 2.79. The van der Waals surface area contributed by atoms with Crippen LogP contribution in [-0.4, -0.2) is 99.1 Å². The Morgan fingerprint density at radius 2 is 1.51 bits per heavy atom. The van der Waals surface area contributed by atoms with Gasteiger partial charge in [-0.15, -0.1) is 11.3 Å². The van der Waals surface area contributed by atoms with Crippen LogP contribution in [0.25, 0.3) is 0 Å². The highest BCUT2D eigenvalue weighted by molar-refractivity contribution is 8.76. The maximum Gasteiger partial charge on any atom is 0.329 e. The SMILES string of the molecule is COC(=O)C(CSC)NC(=O)c1sc(C(=O)NC(CSSN[C@H](C=O)CS)C(=O)OC)c2c1OCCO2. The van der Waals surface area contributed by atoms with Crippen molar-refractivity contribution in [2.45, 2.75) is 18.1 Å². The summed E-state index contributed by atoms with van der Waals surface area (Å²) in [7, 11) is 4.73. The molecule has 0 bridgehead atoms. The number of carbonyl (C=O) groups is 5. The van der Waals surface area contributed by atoms with Crippen LogP contribution in [0.1, 0.15) is 19.3 Å². The van der Waals surface area contributed by atoms with Gasteiger partial charge in [0.2, 0.25) is 0 Å². The smallest absolute Gasteiger partial charge is 0.329 e. The fraction of sp³-hybridized carbons (Fsp3) is 0.550. The fourth-order valence-corrected chi connectivity index (χ4v) is 6.58. The number of esters is 2. The predicted molar refractivity (Wildman–Crippen MR) is 147 cm³/mol. The van der Waals surface area contributed by atoms with Gasteiger partial charge in [0.1, 0.15) is 41.3 Å². The number of carbonyl (C=O) groups excluding carboxylic acids is 5. The van der Waals surface area contributed by atoms with Crippen LogP contribution in [0.4, 0.5) is 0 Å². The van der Waals surface area contributed by atoms with E-state index in [1.54, 1.807) is 6.26 Å². The van der Waals surface area contributed by atoms with Crippen molar-refractivity contribution >= 4 is 87.5 Å². The normalized spacial score (nSPS) is 14.6. The number of amides is 2. The van der Waals surface area contributed by atoms with E-state index < -0.39 is 41.9 Å². The van der Waals surface area contributed by atoms with E-state index in [1.807, 2.05) is 0 Å². The third kappa shape index (κ3) is 8.88. The Kier molecular flexibility index (Phi) is 13.8. The Bertz CT molecular complexity index is 977. The van der Waals surface area contributed by atoms with Crippen molar-refractivity contribution in [1.82, 2.24) is 15.4 Å². The number of ether oxygens (including phenoxy) is 4. The molecule has 2 rings (SSSR count). The second-order valence-electron chi connectivity index (χ2n) is 7.08. The molecular formula is C20H27N3O9S5. The van der Waals surface area contributed by atoms with Crippen LogP contribution < -0.4 is 24.8 Å². The molecule has 1 aromatic heterocycles. The first-order chi connectivity index (χ1) is 17.8. The van der Waals surface area contributed by atoms with Crippen molar-refractivity contribution in [3.05, 3.63) is 9.75 Å². The largest absolute Gasteiger partial charge is 0.484 e. The van der Waals surface area contributed by atoms with E-state index in [1.165, 1.54) is 36.8 Å². The average Bonchev–Trinajstić information content (AvgIpc) is 3.31. The Balaban J connectivity index is 2.19. The lowest BCUT2D eigenvalue weighted by atomic mass is 10.2. The Labute approximate surface area is 235 Å². The summed E-state index contributed by atoms with van der Waals surface area (Å²) in [5, 5.41) is 5.20. The van der Waals surface area contributed by atoms with Gasteiger partial charge in [0, 0.05) is 17.3 Å². The van der Waals surface area contributed by atoms with Gasteiger partial charge in [-0.25, -0.2) is 14.3 Å². The highest BCUT2D eigenvalue weighted by atomic mass is 33.1. The first-order valence-corrected chi connectivity index (χ1v) is 15.8. The van der Waals surface area contributed by atoms with E-state index in [0.717, 1.165) is 22.3 Å². The molecule has 0 aliphatic carbocycles. The first-order valence-electron chi connectivity index (χ1n) is 10.6. The molecule has 37 heavy (non-hydrogen) atoms. The third-order valence-corrected chi connectivity index (χ3v) is 8.83. The minimum absolute atomic E-state index is 0.0279. The molecule has 17 heteroatoms. The van der Waals surface area contributed by atoms with Gasteiger partial charge < -0.3 is 34.4 Å². The van der Waals surface area contributed by atoms with Gasteiger partial charge in [0.05, 0.1) is 20.3 Å². The van der Waals surface area contributed by atoms with Crippen molar-refractivity contribution in [1.29, 1.82) is 0 Å². The van der Waals surface area contributed by atoms with E-state index in [9.17, 15) is 24.0 Å². The number of methoxy groups -OCH3 is 2. The molecule has 3 atom stereocenters. The van der Waals surface area contributed by atoms with E-state index in [0.29, 0.717) is 12.0 Å². The summed E-state index contributed by atoms with van der Waals surface area (Å²) in [6.45, 7) is 0.319. The summed E-state index contributed by atoms with van der Waals surface area (Å²) < 4.78 is 23.6. The molecule has 1 aromatic rings. The van der Waals surface area contributed by atoms with Crippen molar-refractivity contribution < 1.29 is 42.9 Å². The van der Waals surface area contributed by atoms with Gasteiger partial charge in [-0.2, -0.15) is 24.4 Å². The van der Waals surface area contributed by atoms with Crippen LogP contribution in [0.5, 0.6) is 11.5 Å². The van der Waals surface area contributed by atoms with Gasteiger partial charge in [0.15, 0.2) is 11.5 Å². The minimum Gasteiger partial charge on any atom is -0.484 e. The van der Waals surface area contributed by atoms with Crippen LogP contribution in [0.15, 0.2) is 0 Å². The lowest BCUT2D eigenvalue weighted by Gasteiger charge is -2.19. The van der Waals surface area contributed by atoms with Gasteiger partial charge in [-0.05, 0) is 17.2 Å². The van der Waals surface area contributed by atoms with Crippen molar-refractivity contribution in [2.24, 2.45) is 0 Å². The van der Waals surface area contributed by atoms with Gasteiger partial charge >= 0.3 is 11.9 Å². The number of aldehydes is 1. The minimum atomic E-state index is -1.03. The molecule has 0 aromatic carbocycles. The molecular weight excluding hydrogens is 587 g/mol. The summed E-state index contributed by atoms with van der Waals surface area (Å²) >= 11 is 6.21. The molecule has 0 radical (unpaired) electrons. The third-order valence-electron chi connectivity index (χ3n) is 4.58. The molecule has 2 amide bonds. The van der Waals surface area contributed by atoms with Crippen LogP contribution in [0.3, 0.4) is 0 Å². The number of thioether (sulfide) groups is 1. The molecule has 1 aliphatic heterocycles. The lowest BCUT2D eigenvalue weighted by Crippen LogP contribution is -2.43. The molecule has 206 valence electrons. The zero-order valence-corrected chi connectivity index (χ0v) is 24.3. The van der Waals surface area contributed by atoms with Crippen LogP contribution in [-0.2, 0) is 23.9 Å². The summed E-state index contributed by atoms with van der Waals surface area (Å²) in [4.78, 5) is 61.4. The number of nitrogens with one attached hydrogen (secondary N) is 3. The number of fused-ring (bicyclic) bond motifs is 1. The van der Waals surface area contributed by atoms with Gasteiger partial charge in [-0.1, -0.05) is 10.8 Å². The molecule has 0 saturated carbocycles. The van der Waals surface area contributed by atoms with Crippen molar-refractivity contribution in [2.75, 3.05) is 50.9 Å². The zero-order chi connectivity index (χ0) is 27.4. The zero-order valence-electron chi connectivity index (χ0n) is 20.1. The monoisotopic (exact) mass is 613 g/mol. The topological polar surface area (TPSA) is 158 Å². The van der Waals surface area contributed by atoms with E-state index >= 15 is 0 Å². The molecule has 2 heterocycles. The number of thiol groups is 1. The predicted octanol–water partition coefficient (Wildman–Crippen LogP) is 0.808. The molecule has 0 fully saturated rings. The molecule has 12 nitrogen and oxygen atoms in total. The number of hydrogen-bond donors (Lipinski definition) is 4. The molecule has 0 saturated heterocycles. The highest BCUT2D eigenvalue weighted by Crippen LogP contribution is 2.44. The Morgan fingerprint density at radius 1 is 1.00 bits per heavy atom. The summed E-state index contributed by atoms with van der Waals surface area (Å²) in [5.41, 5.74) is 0. The first kappa shape index (κ1) is 31.4. The van der Waals surface area contributed by atoms with Crippen LogP contribution in [0.2, 0.25) is 0 Å². The maximum atomic E-state index is 13.2. The molecule has 0 spiro atoms. The number of rotatable bonds is 15. The van der Waals surface area contributed by atoms with Gasteiger partial charge in [-0.3, -0.25) is 9.59 Å². The second kappa shape index (κ2) is 16.2.